The molecule has 1 amide bonds. The minimum atomic E-state index is -1.54. The van der Waals surface area contributed by atoms with Crippen LogP contribution in [0.5, 0.6) is 0 Å². The number of unbranched alkanes of at least 4 members (excludes halogenated alkanes) is 16. The lowest BCUT2D eigenvalue weighted by Gasteiger charge is -2.40. The van der Waals surface area contributed by atoms with E-state index in [-0.39, 0.29) is 12.5 Å². The first-order chi connectivity index (χ1) is 19.8. The highest BCUT2D eigenvalue weighted by Crippen LogP contribution is 2.23. The van der Waals surface area contributed by atoms with Crippen LogP contribution in [0.3, 0.4) is 0 Å². The van der Waals surface area contributed by atoms with Gasteiger partial charge in [-0.25, -0.2) is 0 Å². The summed E-state index contributed by atoms with van der Waals surface area (Å²) in [7, 11) is 0. The fourth-order valence-corrected chi connectivity index (χ4v) is 5.39. The van der Waals surface area contributed by atoms with Crippen molar-refractivity contribution < 1.29 is 39.8 Å². The van der Waals surface area contributed by atoms with E-state index in [1.54, 1.807) is 0 Å². The van der Waals surface area contributed by atoms with Crippen LogP contribution in [0.4, 0.5) is 0 Å². The standard InChI is InChI=1S/C32H63NO8/c1-3-5-7-9-11-12-13-14-16-17-19-21-26(35)25(33-28(36)22-20-18-15-10-8-6-4-2)24-40-32-31(39)30(38)29(37)27(23-34)41-32/h25-27,29-32,34-35,37-39H,3-24H2,1-2H3,(H,33,36). The summed E-state index contributed by atoms with van der Waals surface area (Å²) in [6.07, 6.45) is 14.2. The van der Waals surface area contributed by atoms with E-state index < -0.39 is 49.5 Å². The topological polar surface area (TPSA) is 149 Å². The zero-order chi connectivity index (χ0) is 30.3. The van der Waals surface area contributed by atoms with Gasteiger partial charge in [0.05, 0.1) is 25.4 Å². The van der Waals surface area contributed by atoms with Crippen LogP contribution in [0.25, 0.3) is 0 Å². The second kappa shape index (κ2) is 24.6. The predicted molar refractivity (Wildman–Crippen MR) is 161 cm³/mol. The first kappa shape index (κ1) is 38.2. The molecule has 7 atom stereocenters. The van der Waals surface area contributed by atoms with Gasteiger partial charge in [-0.15, -0.1) is 0 Å². The molecule has 0 radical (unpaired) electrons. The second-order valence-corrected chi connectivity index (χ2v) is 12.0. The molecule has 1 heterocycles. The molecule has 6 N–H and O–H groups in total. The Kier molecular flexibility index (Phi) is 22.9. The molecule has 41 heavy (non-hydrogen) atoms. The Hall–Kier alpha value is -0.810. The van der Waals surface area contributed by atoms with Crippen molar-refractivity contribution >= 4 is 5.91 Å². The fraction of sp³-hybridized carbons (Fsp3) is 0.969. The maximum absolute atomic E-state index is 12.7. The molecule has 9 nitrogen and oxygen atoms in total. The van der Waals surface area contributed by atoms with E-state index in [0.717, 1.165) is 38.5 Å². The molecular formula is C32H63NO8. The molecule has 0 bridgehead atoms. The smallest absolute Gasteiger partial charge is 0.220 e. The largest absolute Gasteiger partial charge is 0.394 e. The van der Waals surface area contributed by atoms with Crippen molar-refractivity contribution in [2.75, 3.05) is 13.2 Å². The molecule has 0 aromatic rings. The van der Waals surface area contributed by atoms with Crippen LogP contribution in [-0.2, 0) is 14.3 Å². The van der Waals surface area contributed by atoms with E-state index in [0.29, 0.717) is 12.8 Å². The van der Waals surface area contributed by atoms with Crippen LogP contribution in [0.15, 0.2) is 0 Å². The second-order valence-electron chi connectivity index (χ2n) is 12.0. The Morgan fingerprint density at radius 2 is 1.22 bits per heavy atom. The van der Waals surface area contributed by atoms with Crippen molar-refractivity contribution in [1.29, 1.82) is 0 Å². The van der Waals surface area contributed by atoms with Gasteiger partial charge in [0.15, 0.2) is 6.29 Å². The van der Waals surface area contributed by atoms with Crippen molar-refractivity contribution in [3.63, 3.8) is 0 Å². The first-order valence-electron chi connectivity index (χ1n) is 16.7. The first-order valence-corrected chi connectivity index (χ1v) is 16.7. The minimum Gasteiger partial charge on any atom is -0.394 e. The highest BCUT2D eigenvalue weighted by atomic mass is 16.7. The molecule has 1 fully saturated rings. The van der Waals surface area contributed by atoms with Gasteiger partial charge < -0.3 is 40.3 Å². The third kappa shape index (κ3) is 17.2. The molecule has 1 rings (SSSR count). The number of aliphatic hydroxyl groups is 5. The van der Waals surface area contributed by atoms with Gasteiger partial charge in [-0.2, -0.15) is 0 Å². The Labute approximate surface area is 249 Å². The summed E-state index contributed by atoms with van der Waals surface area (Å²) in [4.78, 5) is 12.7. The van der Waals surface area contributed by atoms with Crippen molar-refractivity contribution in [3.05, 3.63) is 0 Å². The van der Waals surface area contributed by atoms with Gasteiger partial charge in [-0.1, -0.05) is 123 Å². The molecule has 1 saturated heterocycles. The summed E-state index contributed by atoms with van der Waals surface area (Å²) in [5, 5.41) is 53.7. The number of carbonyl (C=O) groups is 1. The highest BCUT2D eigenvalue weighted by molar-refractivity contribution is 5.76. The van der Waals surface area contributed by atoms with Gasteiger partial charge in [0, 0.05) is 6.42 Å². The molecule has 7 unspecified atom stereocenters. The summed E-state index contributed by atoms with van der Waals surface area (Å²) in [6, 6.07) is -0.706. The molecular weight excluding hydrogens is 526 g/mol. The van der Waals surface area contributed by atoms with E-state index in [2.05, 4.69) is 19.2 Å². The summed E-state index contributed by atoms with van der Waals surface area (Å²) in [6.45, 7) is 3.74. The summed E-state index contributed by atoms with van der Waals surface area (Å²) >= 11 is 0. The SMILES string of the molecule is CCCCCCCCCCCCCC(O)C(COC1OC(CO)C(O)C(O)C1O)NC(=O)CCCCCCCCC. The monoisotopic (exact) mass is 589 g/mol. The van der Waals surface area contributed by atoms with Crippen LogP contribution < -0.4 is 5.32 Å². The van der Waals surface area contributed by atoms with E-state index in [4.69, 9.17) is 9.47 Å². The molecule has 0 aromatic carbocycles. The normalized spacial score (nSPS) is 24.3. The number of amides is 1. The van der Waals surface area contributed by atoms with Crippen molar-refractivity contribution in [2.24, 2.45) is 0 Å². The summed E-state index contributed by atoms with van der Waals surface area (Å²) in [5.74, 6) is -0.154. The number of rotatable bonds is 26. The van der Waals surface area contributed by atoms with Gasteiger partial charge in [0.2, 0.25) is 5.91 Å². The Morgan fingerprint density at radius 1 is 0.732 bits per heavy atom. The van der Waals surface area contributed by atoms with Crippen LogP contribution in [-0.4, -0.2) is 87.5 Å². The van der Waals surface area contributed by atoms with Crippen molar-refractivity contribution in [1.82, 2.24) is 5.32 Å². The quantitative estimate of drug-likeness (QED) is 0.0809. The molecule has 0 spiro atoms. The Balaban J connectivity index is 2.49. The maximum Gasteiger partial charge on any atom is 0.220 e. The summed E-state index contributed by atoms with van der Waals surface area (Å²) in [5.41, 5.74) is 0. The number of hydrogen-bond donors (Lipinski definition) is 6. The van der Waals surface area contributed by atoms with Crippen LogP contribution in [0, 0.1) is 0 Å². The van der Waals surface area contributed by atoms with Crippen LogP contribution >= 0.6 is 0 Å². The number of nitrogens with one attached hydrogen (secondary N) is 1. The lowest BCUT2D eigenvalue weighted by atomic mass is 9.99. The van der Waals surface area contributed by atoms with Crippen molar-refractivity contribution in [3.8, 4) is 0 Å². The number of hydrogen-bond acceptors (Lipinski definition) is 8. The van der Waals surface area contributed by atoms with E-state index in [1.165, 1.54) is 77.0 Å². The third-order valence-electron chi connectivity index (χ3n) is 8.21. The van der Waals surface area contributed by atoms with Gasteiger partial charge in [0.1, 0.15) is 24.4 Å². The highest BCUT2D eigenvalue weighted by Gasteiger charge is 2.44. The molecule has 0 saturated carbocycles. The maximum atomic E-state index is 12.7. The van der Waals surface area contributed by atoms with Gasteiger partial charge in [0.25, 0.3) is 0 Å². The average molecular weight is 590 g/mol. The van der Waals surface area contributed by atoms with Gasteiger partial charge in [-0.3, -0.25) is 4.79 Å². The van der Waals surface area contributed by atoms with Gasteiger partial charge >= 0.3 is 0 Å². The van der Waals surface area contributed by atoms with E-state index in [1.807, 2.05) is 0 Å². The molecule has 0 aliphatic carbocycles. The average Bonchev–Trinajstić information content (AvgIpc) is 2.97. The van der Waals surface area contributed by atoms with Gasteiger partial charge in [-0.05, 0) is 12.8 Å². The van der Waals surface area contributed by atoms with Crippen LogP contribution in [0.2, 0.25) is 0 Å². The number of ether oxygens (including phenoxy) is 2. The lowest BCUT2D eigenvalue weighted by Crippen LogP contribution is -2.60. The lowest BCUT2D eigenvalue weighted by molar-refractivity contribution is -0.302. The fourth-order valence-electron chi connectivity index (χ4n) is 5.39. The molecule has 0 aromatic heterocycles. The van der Waals surface area contributed by atoms with E-state index in [9.17, 15) is 30.3 Å². The Bertz CT molecular complexity index is 623. The summed E-state index contributed by atoms with van der Waals surface area (Å²) < 4.78 is 11.1. The predicted octanol–water partition coefficient (Wildman–Crippen LogP) is 4.49. The Morgan fingerprint density at radius 3 is 1.73 bits per heavy atom. The zero-order valence-electron chi connectivity index (χ0n) is 26.1. The number of aliphatic hydroxyl groups excluding tert-OH is 5. The zero-order valence-corrected chi connectivity index (χ0v) is 26.1. The third-order valence-corrected chi connectivity index (χ3v) is 8.21. The van der Waals surface area contributed by atoms with Crippen molar-refractivity contribution in [2.45, 2.75) is 185 Å². The van der Waals surface area contributed by atoms with E-state index >= 15 is 0 Å². The van der Waals surface area contributed by atoms with Crippen LogP contribution in [0.1, 0.15) is 142 Å². The molecule has 244 valence electrons. The number of carbonyl (C=O) groups excluding carboxylic acids is 1. The molecule has 1 aliphatic rings. The minimum absolute atomic E-state index is 0.134. The molecule has 1 aliphatic heterocycles. The molecule has 9 heteroatoms.